The standard InChI is InChI=1S/C16H18N4O2/c1-11-14(18-12(2)22-11)6-7-17-16(21)9-13-10-20-8-4-3-5-15(20)19-13/h3-5,8,10H,6-7,9H2,1-2H3,(H,17,21). The number of amides is 1. The summed E-state index contributed by atoms with van der Waals surface area (Å²) in [6, 6.07) is 5.77. The van der Waals surface area contributed by atoms with Gasteiger partial charge in [-0.1, -0.05) is 6.07 Å². The molecule has 1 N–H and O–H groups in total. The van der Waals surface area contributed by atoms with Crippen molar-refractivity contribution in [3.63, 3.8) is 0 Å². The minimum Gasteiger partial charge on any atom is -0.446 e. The van der Waals surface area contributed by atoms with Gasteiger partial charge < -0.3 is 14.1 Å². The fourth-order valence-electron chi connectivity index (χ4n) is 2.42. The number of aromatic nitrogens is 3. The topological polar surface area (TPSA) is 72.4 Å². The summed E-state index contributed by atoms with van der Waals surface area (Å²) in [7, 11) is 0. The van der Waals surface area contributed by atoms with Crippen LogP contribution >= 0.6 is 0 Å². The smallest absolute Gasteiger partial charge is 0.226 e. The van der Waals surface area contributed by atoms with Crippen molar-refractivity contribution >= 4 is 11.6 Å². The Morgan fingerprint density at radius 3 is 2.91 bits per heavy atom. The Bertz CT molecular complexity index is 770. The van der Waals surface area contributed by atoms with Crippen molar-refractivity contribution < 1.29 is 9.21 Å². The zero-order valence-electron chi connectivity index (χ0n) is 12.7. The molecule has 0 saturated heterocycles. The highest BCUT2D eigenvalue weighted by molar-refractivity contribution is 5.78. The summed E-state index contributed by atoms with van der Waals surface area (Å²) in [6.07, 6.45) is 4.73. The van der Waals surface area contributed by atoms with Crippen LogP contribution in [0.5, 0.6) is 0 Å². The quantitative estimate of drug-likeness (QED) is 0.780. The average Bonchev–Trinajstić information content (AvgIpc) is 3.01. The molecule has 3 aromatic heterocycles. The molecule has 6 heteroatoms. The monoisotopic (exact) mass is 298 g/mol. The number of hydrogen-bond acceptors (Lipinski definition) is 4. The molecule has 22 heavy (non-hydrogen) atoms. The maximum Gasteiger partial charge on any atom is 0.226 e. The summed E-state index contributed by atoms with van der Waals surface area (Å²) in [6.45, 7) is 4.24. The van der Waals surface area contributed by atoms with Gasteiger partial charge in [0.2, 0.25) is 5.91 Å². The van der Waals surface area contributed by atoms with E-state index in [4.69, 9.17) is 4.42 Å². The second-order valence-corrected chi connectivity index (χ2v) is 5.21. The normalized spacial score (nSPS) is 11.0. The van der Waals surface area contributed by atoms with Gasteiger partial charge in [0.05, 0.1) is 17.8 Å². The van der Waals surface area contributed by atoms with E-state index in [1.54, 1.807) is 0 Å². The number of hydrogen-bond donors (Lipinski definition) is 1. The SMILES string of the molecule is Cc1nc(CCNC(=O)Cc2cn3ccccc3n2)c(C)o1. The molecular weight excluding hydrogens is 280 g/mol. The molecule has 0 aromatic carbocycles. The van der Waals surface area contributed by atoms with Crippen molar-refractivity contribution in [3.05, 3.63) is 53.6 Å². The van der Waals surface area contributed by atoms with Crippen molar-refractivity contribution in [2.75, 3.05) is 6.54 Å². The van der Waals surface area contributed by atoms with E-state index >= 15 is 0 Å². The van der Waals surface area contributed by atoms with Crippen molar-refractivity contribution in [3.8, 4) is 0 Å². The summed E-state index contributed by atoms with van der Waals surface area (Å²) in [5.41, 5.74) is 2.50. The van der Waals surface area contributed by atoms with Crippen LogP contribution in [0.1, 0.15) is 23.0 Å². The van der Waals surface area contributed by atoms with Gasteiger partial charge in [0.25, 0.3) is 0 Å². The number of oxazole rings is 1. The Balaban J connectivity index is 1.53. The van der Waals surface area contributed by atoms with E-state index in [-0.39, 0.29) is 12.3 Å². The number of carbonyl (C=O) groups excluding carboxylic acids is 1. The van der Waals surface area contributed by atoms with Gasteiger partial charge in [0, 0.05) is 32.3 Å². The number of rotatable bonds is 5. The Kier molecular flexibility index (Phi) is 3.91. The predicted octanol–water partition coefficient (Wildman–Crippen LogP) is 1.84. The molecule has 0 saturated carbocycles. The van der Waals surface area contributed by atoms with Gasteiger partial charge >= 0.3 is 0 Å². The van der Waals surface area contributed by atoms with Crippen LogP contribution in [0.25, 0.3) is 5.65 Å². The zero-order chi connectivity index (χ0) is 15.5. The van der Waals surface area contributed by atoms with Gasteiger partial charge in [-0.3, -0.25) is 4.79 Å². The minimum atomic E-state index is -0.0405. The van der Waals surface area contributed by atoms with E-state index in [1.807, 2.05) is 48.8 Å². The van der Waals surface area contributed by atoms with E-state index in [0.717, 1.165) is 22.8 Å². The van der Waals surface area contributed by atoms with E-state index in [9.17, 15) is 4.79 Å². The molecule has 1 amide bonds. The van der Waals surface area contributed by atoms with Gasteiger partial charge in [-0.25, -0.2) is 9.97 Å². The largest absolute Gasteiger partial charge is 0.446 e. The molecule has 0 atom stereocenters. The number of nitrogens with zero attached hydrogens (tertiary/aromatic N) is 3. The second-order valence-electron chi connectivity index (χ2n) is 5.21. The number of fused-ring (bicyclic) bond motifs is 1. The first-order chi connectivity index (χ1) is 10.6. The number of carbonyl (C=O) groups is 1. The molecule has 0 aliphatic heterocycles. The van der Waals surface area contributed by atoms with Crippen LogP contribution in [0.3, 0.4) is 0 Å². The van der Waals surface area contributed by atoms with Gasteiger partial charge in [0.1, 0.15) is 11.4 Å². The Morgan fingerprint density at radius 1 is 1.32 bits per heavy atom. The molecule has 0 fully saturated rings. The van der Waals surface area contributed by atoms with Gasteiger partial charge in [-0.05, 0) is 19.1 Å². The lowest BCUT2D eigenvalue weighted by Gasteiger charge is -2.02. The molecular formula is C16H18N4O2. The van der Waals surface area contributed by atoms with Gasteiger partial charge in [-0.2, -0.15) is 0 Å². The third-order valence-electron chi connectivity index (χ3n) is 3.44. The first-order valence-corrected chi connectivity index (χ1v) is 7.24. The fraction of sp³-hybridized carbons (Fsp3) is 0.312. The molecule has 114 valence electrons. The highest BCUT2D eigenvalue weighted by Gasteiger charge is 2.09. The number of aryl methyl sites for hydroxylation is 2. The Hall–Kier alpha value is -2.63. The highest BCUT2D eigenvalue weighted by atomic mass is 16.4. The molecule has 0 radical (unpaired) electrons. The van der Waals surface area contributed by atoms with E-state index in [0.29, 0.717) is 18.9 Å². The molecule has 3 heterocycles. The van der Waals surface area contributed by atoms with Crippen molar-refractivity contribution in [2.24, 2.45) is 0 Å². The number of nitrogens with one attached hydrogen (secondary N) is 1. The Labute approximate surface area is 128 Å². The molecule has 3 aromatic rings. The molecule has 0 spiro atoms. The van der Waals surface area contributed by atoms with Crippen molar-refractivity contribution in [1.29, 1.82) is 0 Å². The van der Waals surface area contributed by atoms with Crippen LogP contribution in [0.4, 0.5) is 0 Å². The van der Waals surface area contributed by atoms with Crippen LogP contribution < -0.4 is 5.32 Å². The second kappa shape index (κ2) is 6.01. The summed E-state index contributed by atoms with van der Waals surface area (Å²) in [5, 5.41) is 2.89. The lowest BCUT2D eigenvalue weighted by molar-refractivity contribution is -0.120. The van der Waals surface area contributed by atoms with Crippen molar-refractivity contribution in [1.82, 2.24) is 19.7 Å². The maximum absolute atomic E-state index is 12.0. The maximum atomic E-state index is 12.0. The van der Waals surface area contributed by atoms with E-state index in [2.05, 4.69) is 15.3 Å². The third kappa shape index (κ3) is 3.16. The van der Waals surface area contributed by atoms with Gasteiger partial charge in [0.15, 0.2) is 5.89 Å². The van der Waals surface area contributed by atoms with E-state index in [1.165, 1.54) is 0 Å². The van der Waals surface area contributed by atoms with Crippen LogP contribution in [-0.2, 0) is 17.6 Å². The predicted molar refractivity (Wildman–Crippen MR) is 81.6 cm³/mol. The third-order valence-corrected chi connectivity index (χ3v) is 3.44. The lowest BCUT2D eigenvalue weighted by Crippen LogP contribution is -2.27. The zero-order valence-corrected chi connectivity index (χ0v) is 12.7. The van der Waals surface area contributed by atoms with Crippen molar-refractivity contribution in [2.45, 2.75) is 26.7 Å². The molecule has 3 rings (SSSR count). The Morgan fingerprint density at radius 2 is 2.18 bits per heavy atom. The fourth-order valence-corrected chi connectivity index (χ4v) is 2.42. The van der Waals surface area contributed by atoms with E-state index < -0.39 is 0 Å². The number of pyridine rings is 1. The molecule has 0 aliphatic rings. The summed E-state index contributed by atoms with van der Waals surface area (Å²) in [5.74, 6) is 1.43. The van der Waals surface area contributed by atoms with Gasteiger partial charge in [-0.15, -0.1) is 0 Å². The highest BCUT2D eigenvalue weighted by Crippen LogP contribution is 2.09. The van der Waals surface area contributed by atoms with Crippen LogP contribution in [-0.4, -0.2) is 26.8 Å². The summed E-state index contributed by atoms with van der Waals surface area (Å²) < 4.78 is 7.27. The molecule has 0 bridgehead atoms. The molecule has 6 nitrogen and oxygen atoms in total. The summed E-state index contributed by atoms with van der Waals surface area (Å²) >= 11 is 0. The average molecular weight is 298 g/mol. The molecule has 0 unspecified atom stereocenters. The summed E-state index contributed by atoms with van der Waals surface area (Å²) in [4.78, 5) is 20.7. The lowest BCUT2D eigenvalue weighted by atomic mass is 10.2. The van der Waals surface area contributed by atoms with Crippen LogP contribution in [0.15, 0.2) is 35.0 Å². The van der Waals surface area contributed by atoms with Crippen LogP contribution in [0.2, 0.25) is 0 Å². The first kappa shape index (κ1) is 14.3. The number of imidazole rings is 1. The minimum absolute atomic E-state index is 0.0405. The van der Waals surface area contributed by atoms with Crippen LogP contribution in [0, 0.1) is 13.8 Å². The molecule has 0 aliphatic carbocycles. The first-order valence-electron chi connectivity index (χ1n) is 7.24.